The van der Waals surface area contributed by atoms with E-state index in [4.69, 9.17) is 22.1 Å². The van der Waals surface area contributed by atoms with Crippen molar-refractivity contribution in [2.45, 2.75) is 57.7 Å². The van der Waals surface area contributed by atoms with E-state index in [0.717, 1.165) is 11.1 Å². The minimum absolute atomic E-state index is 0.0118. The Balaban J connectivity index is 2.10. The molecule has 0 saturated carbocycles. The molecule has 1 atom stereocenters. The lowest BCUT2D eigenvalue weighted by molar-refractivity contribution is -0.155. The van der Waals surface area contributed by atoms with Crippen LogP contribution in [0.2, 0.25) is 0 Å². The van der Waals surface area contributed by atoms with Gasteiger partial charge in [-0.1, -0.05) is 12.1 Å². The van der Waals surface area contributed by atoms with Gasteiger partial charge in [-0.05, 0) is 44.4 Å². The average Bonchev–Trinajstić information content (AvgIpc) is 2.81. The fourth-order valence-corrected chi connectivity index (χ4v) is 3.00. The van der Waals surface area contributed by atoms with Gasteiger partial charge >= 0.3 is 5.97 Å². The first kappa shape index (κ1) is 19.2. The first-order valence-electron chi connectivity index (χ1n) is 8.12. The highest BCUT2D eigenvalue weighted by molar-refractivity contribution is 6.17. The van der Waals surface area contributed by atoms with Crippen molar-refractivity contribution in [3.8, 4) is 0 Å². The van der Waals surface area contributed by atoms with Crippen LogP contribution in [0, 0.1) is 0 Å². The molecule has 2 amide bonds. The van der Waals surface area contributed by atoms with Gasteiger partial charge < -0.3 is 15.4 Å². The third kappa shape index (κ3) is 4.72. The first-order chi connectivity index (χ1) is 11.6. The zero-order chi connectivity index (χ0) is 18.8. The maximum atomic E-state index is 12.6. The fraction of sp³-hybridized carbons (Fsp3) is 0.500. The van der Waals surface area contributed by atoms with Crippen molar-refractivity contribution in [1.29, 1.82) is 0 Å². The molecule has 0 saturated heterocycles. The molecule has 2 N–H and O–H groups in total. The lowest BCUT2D eigenvalue weighted by Gasteiger charge is -2.25. The molecule has 0 spiro atoms. The number of ether oxygens (including phenoxy) is 1. The summed E-state index contributed by atoms with van der Waals surface area (Å²) in [5.74, 6) is -0.974. The van der Waals surface area contributed by atoms with Crippen LogP contribution in [0.4, 0.5) is 0 Å². The van der Waals surface area contributed by atoms with Gasteiger partial charge in [-0.25, -0.2) is 0 Å². The van der Waals surface area contributed by atoms with E-state index in [-0.39, 0.29) is 25.3 Å². The minimum atomic E-state index is -0.855. The van der Waals surface area contributed by atoms with Crippen LogP contribution < -0.4 is 5.73 Å². The molecule has 7 heteroatoms. The van der Waals surface area contributed by atoms with E-state index in [1.54, 1.807) is 32.9 Å². The predicted molar refractivity (Wildman–Crippen MR) is 93.9 cm³/mol. The van der Waals surface area contributed by atoms with E-state index in [1.165, 1.54) is 4.90 Å². The molecule has 2 rings (SSSR count). The Morgan fingerprint density at radius 3 is 2.60 bits per heavy atom. The first-order valence-corrected chi connectivity index (χ1v) is 8.65. The van der Waals surface area contributed by atoms with Gasteiger partial charge in [0.2, 0.25) is 5.91 Å². The van der Waals surface area contributed by atoms with Crippen LogP contribution in [-0.2, 0) is 26.8 Å². The zero-order valence-corrected chi connectivity index (χ0v) is 15.4. The Kier molecular flexibility index (Phi) is 5.72. The molecule has 0 aromatic heterocycles. The molecule has 25 heavy (non-hydrogen) atoms. The van der Waals surface area contributed by atoms with Crippen molar-refractivity contribution in [3.63, 3.8) is 0 Å². The third-order valence-electron chi connectivity index (χ3n) is 3.90. The largest absolute Gasteiger partial charge is 0.460 e. The van der Waals surface area contributed by atoms with Crippen LogP contribution in [0.3, 0.4) is 0 Å². The number of carbonyl (C=O) groups is 3. The van der Waals surface area contributed by atoms with Crippen LogP contribution >= 0.6 is 11.6 Å². The third-order valence-corrected chi connectivity index (χ3v) is 4.21. The molecule has 0 fully saturated rings. The molecule has 1 heterocycles. The number of carbonyl (C=O) groups excluding carboxylic acids is 3. The second-order valence-corrected chi connectivity index (χ2v) is 7.37. The van der Waals surface area contributed by atoms with Gasteiger partial charge in [0, 0.05) is 24.4 Å². The number of primary amides is 1. The number of benzene rings is 1. The predicted octanol–water partition coefficient (Wildman–Crippen LogP) is 2.36. The van der Waals surface area contributed by atoms with Gasteiger partial charge in [0.15, 0.2) is 0 Å². The van der Waals surface area contributed by atoms with E-state index in [2.05, 4.69) is 0 Å². The Morgan fingerprint density at radius 1 is 1.36 bits per heavy atom. The topological polar surface area (TPSA) is 89.7 Å². The SMILES string of the molecule is CC(C)(C)OC(=O)CC[C@@H](C(N)=O)N1Cc2cc(CCl)ccc2C1=O. The second-order valence-electron chi connectivity index (χ2n) is 7.10. The molecule has 1 aromatic carbocycles. The molecule has 1 aliphatic rings. The standard InChI is InChI=1S/C18H23ClN2O4/c1-18(2,3)25-15(22)7-6-14(16(20)23)21-10-12-8-11(9-19)4-5-13(12)17(21)24/h4-5,8,14H,6-7,9-10H2,1-3H3,(H2,20,23)/t14-/m0/s1. The van der Waals surface area contributed by atoms with Crippen LogP contribution in [0.5, 0.6) is 0 Å². The minimum Gasteiger partial charge on any atom is -0.460 e. The van der Waals surface area contributed by atoms with Crippen molar-refractivity contribution in [2.75, 3.05) is 0 Å². The summed E-state index contributed by atoms with van der Waals surface area (Å²) in [6.07, 6.45) is 0.143. The molecule has 1 aromatic rings. The van der Waals surface area contributed by atoms with Gasteiger partial charge in [-0.15, -0.1) is 11.6 Å². The Morgan fingerprint density at radius 2 is 2.04 bits per heavy atom. The summed E-state index contributed by atoms with van der Waals surface area (Å²) < 4.78 is 5.24. The smallest absolute Gasteiger partial charge is 0.306 e. The number of nitrogens with zero attached hydrogens (tertiary/aromatic N) is 1. The zero-order valence-electron chi connectivity index (χ0n) is 14.7. The van der Waals surface area contributed by atoms with E-state index >= 15 is 0 Å². The molecule has 136 valence electrons. The number of esters is 1. The molecule has 6 nitrogen and oxygen atoms in total. The van der Waals surface area contributed by atoms with Gasteiger partial charge in [0.1, 0.15) is 11.6 Å². The van der Waals surface area contributed by atoms with Crippen molar-refractivity contribution in [2.24, 2.45) is 5.73 Å². The number of amides is 2. The molecular formula is C18H23ClN2O4. The van der Waals surface area contributed by atoms with E-state index in [9.17, 15) is 14.4 Å². The maximum Gasteiger partial charge on any atom is 0.306 e. The van der Waals surface area contributed by atoms with Crippen molar-refractivity contribution >= 4 is 29.4 Å². The lowest BCUT2D eigenvalue weighted by atomic mass is 10.1. The van der Waals surface area contributed by atoms with Gasteiger partial charge in [-0.3, -0.25) is 14.4 Å². The summed E-state index contributed by atoms with van der Waals surface area (Å²) in [5.41, 5.74) is 7.13. The highest BCUT2D eigenvalue weighted by atomic mass is 35.5. The fourth-order valence-electron chi connectivity index (χ4n) is 2.83. The van der Waals surface area contributed by atoms with Crippen LogP contribution in [0.25, 0.3) is 0 Å². The second kappa shape index (κ2) is 7.44. The number of hydrogen-bond donors (Lipinski definition) is 1. The molecule has 0 radical (unpaired) electrons. The molecular weight excluding hydrogens is 344 g/mol. The van der Waals surface area contributed by atoms with Crippen LogP contribution in [0.15, 0.2) is 18.2 Å². The number of fused-ring (bicyclic) bond motifs is 1. The van der Waals surface area contributed by atoms with Gasteiger partial charge in [0.25, 0.3) is 5.91 Å². The molecule has 0 unspecified atom stereocenters. The maximum absolute atomic E-state index is 12.6. The van der Waals surface area contributed by atoms with Crippen LogP contribution in [0.1, 0.15) is 55.1 Å². The van der Waals surface area contributed by atoms with E-state index in [0.29, 0.717) is 11.4 Å². The van der Waals surface area contributed by atoms with Gasteiger partial charge in [-0.2, -0.15) is 0 Å². The van der Waals surface area contributed by atoms with Crippen molar-refractivity contribution in [3.05, 3.63) is 34.9 Å². The summed E-state index contributed by atoms with van der Waals surface area (Å²) in [6, 6.07) is 4.49. The molecule has 1 aliphatic heterocycles. The Bertz CT molecular complexity index is 697. The summed E-state index contributed by atoms with van der Waals surface area (Å²) in [4.78, 5) is 37.7. The quantitative estimate of drug-likeness (QED) is 0.618. The lowest BCUT2D eigenvalue weighted by Crippen LogP contribution is -2.45. The number of hydrogen-bond acceptors (Lipinski definition) is 4. The van der Waals surface area contributed by atoms with E-state index < -0.39 is 23.5 Å². The Hall–Kier alpha value is -2.08. The number of nitrogens with two attached hydrogens (primary N) is 1. The molecule has 0 aliphatic carbocycles. The van der Waals surface area contributed by atoms with Crippen molar-refractivity contribution < 1.29 is 19.1 Å². The normalized spacial score (nSPS) is 15.0. The molecule has 0 bridgehead atoms. The average molecular weight is 367 g/mol. The number of halogens is 1. The summed E-state index contributed by atoms with van der Waals surface area (Å²) in [7, 11) is 0. The van der Waals surface area contributed by atoms with Crippen LogP contribution in [-0.4, -0.2) is 34.3 Å². The van der Waals surface area contributed by atoms with Crippen molar-refractivity contribution in [1.82, 2.24) is 4.90 Å². The monoisotopic (exact) mass is 366 g/mol. The van der Waals surface area contributed by atoms with Gasteiger partial charge in [0.05, 0.1) is 0 Å². The number of rotatable bonds is 6. The van der Waals surface area contributed by atoms with E-state index in [1.807, 2.05) is 6.07 Å². The summed E-state index contributed by atoms with van der Waals surface area (Å²) in [6.45, 7) is 5.59. The number of alkyl halides is 1. The Labute approximate surface area is 152 Å². The summed E-state index contributed by atoms with van der Waals surface area (Å²) >= 11 is 5.83. The highest BCUT2D eigenvalue weighted by Gasteiger charge is 2.35. The highest BCUT2D eigenvalue weighted by Crippen LogP contribution is 2.27. The summed E-state index contributed by atoms with van der Waals surface area (Å²) in [5, 5.41) is 0.